The van der Waals surface area contributed by atoms with Gasteiger partial charge in [-0.15, -0.1) is 0 Å². The lowest BCUT2D eigenvalue weighted by Gasteiger charge is -2.20. The van der Waals surface area contributed by atoms with Gasteiger partial charge in [0.25, 0.3) is 0 Å². The summed E-state index contributed by atoms with van der Waals surface area (Å²) in [6, 6.07) is 0. The molecule has 4 heteroatoms. The summed E-state index contributed by atoms with van der Waals surface area (Å²) in [5.41, 5.74) is 0. The Hall–Kier alpha value is -0.510. The lowest BCUT2D eigenvalue weighted by molar-refractivity contribution is -0.138. The number of likely N-dealkylation sites (tertiary alicyclic amines) is 1. The van der Waals surface area contributed by atoms with Gasteiger partial charge >= 0.3 is 0 Å². The van der Waals surface area contributed by atoms with Crippen molar-refractivity contribution >= 4 is 23.6 Å². The van der Waals surface area contributed by atoms with Crippen molar-refractivity contribution in [2.75, 3.05) is 12.3 Å². The zero-order chi connectivity index (χ0) is 17.0. The molecule has 1 saturated heterocycles. The van der Waals surface area contributed by atoms with E-state index in [1.807, 2.05) is 0 Å². The van der Waals surface area contributed by atoms with Crippen molar-refractivity contribution in [3.63, 3.8) is 0 Å². The molecule has 0 radical (unpaired) electrons. The maximum Gasteiger partial charge on any atom is 0.229 e. The van der Waals surface area contributed by atoms with Gasteiger partial charge in [0.15, 0.2) is 0 Å². The maximum absolute atomic E-state index is 11.5. The average molecular weight is 354 g/mol. The minimum atomic E-state index is 0.0334. The third kappa shape index (κ3) is 7.58. The summed E-state index contributed by atoms with van der Waals surface area (Å²) in [7, 11) is 0. The van der Waals surface area contributed by atoms with E-state index in [9.17, 15) is 9.59 Å². The second kappa shape index (κ2) is 11.9. The molecule has 3 nitrogen and oxygen atoms in total. The van der Waals surface area contributed by atoms with Crippen LogP contribution in [0.2, 0.25) is 0 Å². The van der Waals surface area contributed by atoms with E-state index in [-0.39, 0.29) is 11.8 Å². The fourth-order valence-corrected chi connectivity index (χ4v) is 5.16. The van der Waals surface area contributed by atoms with E-state index in [2.05, 4.69) is 11.8 Å². The van der Waals surface area contributed by atoms with Gasteiger partial charge < -0.3 is 0 Å². The SMILES string of the molecule is O=C1CCC(=O)N1CCCCCCCCCCSC1CCCCC1. The van der Waals surface area contributed by atoms with Crippen molar-refractivity contribution in [3.05, 3.63) is 0 Å². The van der Waals surface area contributed by atoms with E-state index in [1.165, 1.54) is 81.3 Å². The smallest absolute Gasteiger partial charge is 0.229 e. The van der Waals surface area contributed by atoms with Crippen molar-refractivity contribution in [3.8, 4) is 0 Å². The van der Waals surface area contributed by atoms with Crippen LogP contribution in [-0.2, 0) is 9.59 Å². The van der Waals surface area contributed by atoms with Crippen LogP contribution >= 0.6 is 11.8 Å². The van der Waals surface area contributed by atoms with Gasteiger partial charge in [0.2, 0.25) is 11.8 Å². The quantitative estimate of drug-likeness (QED) is 0.352. The molecule has 2 rings (SSSR count). The molecule has 0 atom stereocenters. The third-order valence-electron chi connectivity index (χ3n) is 5.34. The third-order valence-corrected chi connectivity index (χ3v) is 6.80. The summed E-state index contributed by atoms with van der Waals surface area (Å²) in [5.74, 6) is 1.43. The van der Waals surface area contributed by atoms with Gasteiger partial charge in [-0.2, -0.15) is 11.8 Å². The van der Waals surface area contributed by atoms with Crippen LogP contribution in [0.5, 0.6) is 0 Å². The monoisotopic (exact) mass is 353 g/mol. The van der Waals surface area contributed by atoms with E-state index in [0.717, 1.165) is 18.1 Å². The Morgan fingerprint density at radius 2 is 1.29 bits per heavy atom. The van der Waals surface area contributed by atoms with Crippen molar-refractivity contribution in [1.29, 1.82) is 0 Å². The highest BCUT2D eigenvalue weighted by molar-refractivity contribution is 7.99. The number of hydrogen-bond acceptors (Lipinski definition) is 3. The number of thioether (sulfide) groups is 1. The zero-order valence-corrected chi connectivity index (χ0v) is 16.1. The Balaban J connectivity index is 1.32. The number of carbonyl (C=O) groups is 2. The lowest BCUT2D eigenvalue weighted by atomic mass is 10.0. The first-order valence-electron chi connectivity index (χ1n) is 10.2. The second-order valence-corrected chi connectivity index (χ2v) is 8.81. The highest BCUT2D eigenvalue weighted by Crippen LogP contribution is 2.28. The van der Waals surface area contributed by atoms with Gasteiger partial charge in [-0.3, -0.25) is 14.5 Å². The number of nitrogens with zero attached hydrogens (tertiary/aromatic N) is 1. The first-order chi connectivity index (χ1) is 11.8. The summed E-state index contributed by atoms with van der Waals surface area (Å²) < 4.78 is 0. The summed E-state index contributed by atoms with van der Waals surface area (Å²) in [6.07, 6.45) is 18.3. The molecule has 24 heavy (non-hydrogen) atoms. The molecule has 2 amide bonds. The Morgan fingerprint density at radius 1 is 0.750 bits per heavy atom. The van der Waals surface area contributed by atoms with Gasteiger partial charge in [-0.25, -0.2) is 0 Å². The van der Waals surface area contributed by atoms with E-state index in [4.69, 9.17) is 0 Å². The summed E-state index contributed by atoms with van der Waals surface area (Å²) in [4.78, 5) is 24.4. The van der Waals surface area contributed by atoms with Crippen molar-refractivity contribution in [1.82, 2.24) is 4.90 Å². The number of carbonyl (C=O) groups excluding carboxylic acids is 2. The van der Waals surface area contributed by atoms with Gasteiger partial charge in [0.05, 0.1) is 0 Å². The van der Waals surface area contributed by atoms with Crippen LogP contribution in [0, 0.1) is 0 Å². The van der Waals surface area contributed by atoms with Crippen LogP contribution < -0.4 is 0 Å². The standard InChI is InChI=1S/C20H35NO2S/c22-19-14-15-20(23)21(19)16-10-5-3-1-2-4-6-11-17-24-18-12-8-7-9-13-18/h18H,1-17H2. The van der Waals surface area contributed by atoms with Gasteiger partial charge in [-0.05, 0) is 31.4 Å². The second-order valence-electron chi connectivity index (χ2n) is 7.40. The molecule has 0 aromatic carbocycles. The minimum Gasteiger partial charge on any atom is -0.283 e. The Bertz CT molecular complexity index is 364. The van der Waals surface area contributed by atoms with Crippen LogP contribution in [0.25, 0.3) is 0 Å². The topological polar surface area (TPSA) is 37.4 Å². The first-order valence-corrected chi connectivity index (χ1v) is 11.3. The van der Waals surface area contributed by atoms with Crippen LogP contribution in [0.15, 0.2) is 0 Å². The Labute approximate surface area is 152 Å². The molecule has 1 aliphatic carbocycles. The van der Waals surface area contributed by atoms with Crippen molar-refractivity contribution in [2.24, 2.45) is 0 Å². The molecule has 1 aliphatic heterocycles. The molecule has 138 valence electrons. The Kier molecular flexibility index (Phi) is 9.86. The normalized spacial score (nSPS) is 19.4. The molecule has 0 unspecified atom stereocenters. The highest BCUT2D eigenvalue weighted by atomic mass is 32.2. The fraction of sp³-hybridized carbons (Fsp3) is 0.900. The molecule has 0 N–H and O–H groups in total. The highest BCUT2D eigenvalue weighted by Gasteiger charge is 2.27. The number of imide groups is 1. The van der Waals surface area contributed by atoms with E-state index in [1.54, 1.807) is 0 Å². The summed E-state index contributed by atoms with van der Waals surface area (Å²) >= 11 is 2.22. The van der Waals surface area contributed by atoms with E-state index in [0.29, 0.717) is 19.4 Å². The van der Waals surface area contributed by atoms with Gasteiger partial charge in [0, 0.05) is 24.6 Å². The molecule has 1 saturated carbocycles. The molecule has 2 aliphatic rings. The fourth-order valence-electron chi connectivity index (χ4n) is 3.79. The van der Waals surface area contributed by atoms with E-state index < -0.39 is 0 Å². The zero-order valence-electron chi connectivity index (χ0n) is 15.3. The van der Waals surface area contributed by atoms with Crippen LogP contribution in [-0.4, -0.2) is 34.3 Å². The molecule has 0 aromatic heterocycles. The number of amides is 2. The van der Waals surface area contributed by atoms with Crippen molar-refractivity contribution < 1.29 is 9.59 Å². The van der Waals surface area contributed by atoms with Crippen LogP contribution in [0.3, 0.4) is 0 Å². The molecule has 0 aromatic rings. The lowest BCUT2D eigenvalue weighted by Crippen LogP contribution is -2.29. The van der Waals surface area contributed by atoms with Gasteiger partial charge in [-0.1, -0.05) is 57.8 Å². The molecular weight excluding hydrogens is 318 g/mol. The Morgan fingerprint density at radius 3 is 1.92 bits per heavy atom. The predicted molar refractivity (Wildman–Crippen MR) is 102 cm³/mol. The first kappa shape index (κ1) is 19.8. The van der Waals surface area contributed by atoms with Crippen molar-refractivity contribution in [2.45, 2.75) is 102 Å². The molecule has 0 bridgehead atoms. The van der Waals surface area contributed by atoms with Crippen LogP contribution in [0.1, 0.15) is 96.3 Å². The largest absolute Gasteiger partial charge is 0.283 e. The predicted octanol–water partition coefficient (Wildman–Crippen LogP) is 5.32. The van der Waals surface area contributed by atoms with E-state index >= 15 is 0 Å². The summed E-state index contributed by atoms with van der Waals surface area (Å²) in [5, 5.41) is 0.966. The number of hydrogen-bond donors (Lipinski definition) is 0. The molecular formula is C20H35NO2S. The molecule has 0 spiro atoms. The maximum atomic E-state index is 11.5. The molecule has 2 fully saturated rings. The van der Waals surface area contributed by atoms with Crippen LogP contribution in [0.4, 0.5) is 0 Å². The summed E-state index contributed by atoms with van der Waals surface area (Å²) in [6.45, 7) is 0.649. The minimum absolute atomic E-state index is 0.0334. The average Bonchev–Trinajstić information content (AvgIpc) is 2.92. The molecule has 1 heterocycles. The number of rotatable bonds is 12. The van der Waals surface area contributed by atoms with Gasteiger partial charge in [0.1, 0.15) is 0 Å². The number of unbranched alkanes of at least 4 members (excludes halogenated alkanes) is 7.